The molecule has 0 bridgehead atoms. The van der Waals surface area contributed by atoms with Gasteiger partial charge in [-0.25, -0.2) is 0 Å². The number of hydrogen-bond donors (Lipinski definition) is 1. The molecular weight excluding hydrogens is 166 g/mol. The Kier molecular flexibility index (Phi) is 5.08. The topological polar surface area (TPSA) is 3.24 Å². The number of thiol groups is 1. The van der Waals surface area contributed by atoms with Crippen molar-refractivity contribution in [3.63, 3.8) is 0 Å². The Morgan fingerprint density at radius 3 is 2.58 bits per heavy atom. The summed E-state index contributed by atoms with van der Waals surface area (Å²) in [5, 5.41) is 0. The monoisotopic (exact) mass is 187 g/mol. The maximum atomic E-state index is 4.20. The summed E-state index contributed by atoms with van der Waals surface area (Å²) >= 11 is 4.20. The third-order valence-electron chi connectivity index (χ3n) is 2.74. The minimum Gasteiger partial charge on any atom is -0.306 e. The van der Waals surface area contributed by atoms with E-state index in [0.717, 1.165) is 11.7 Å². The molecule has 12 heavy (non-hydrogen) atoms. The highest BCUT2D eigenvalue weighted by atomic mass is 32.1. The molecule has 0 aromatic heterocycles. The molecule has 1 aliphatic rings. The largest absolute Gasteiger partial charge is 0.306 e. The van der Waals surface area contributed by atoms with E-state index in [0.29, 0.717) is 0 Å². The van der Waals surface area contributed by atoms with Gasteiger partial charge in [-0.2, -0.15) is 12.6 Å². The van der Waals surface area contributed by atoms with Gasteiger partial charge in [0, 0.05) is 6.54 Å². The molecule has 0 radical (unpaired) electrons. The molecule has 0 aromatic carbocycles. The zero-order chi connectivity index (χ0) is 8.81. The summed E-state index contributed by atoms with van der Waals surface area (Å²) in [7, 11) is 2.25. The molecule has 1 fully saturated rings. The lowest BCUT2D eigenvalue weighted by Crippen LogP contribution is -2.30. The minimum absolute atomic E-state index is 1.02. The zero-order valence-corrected chi connectivity index (χ0v) is 9.02. The van der Waals surface area contributed by atoms with Crippen LogP contribution in [0.1, 0.15) is 32.1 Å². The number of rotatable bonds is 6. The van der Waals surface area contributed by atoms with E-state index >= 15 is 0 Å². The molecule has 2 heteroatoms. The van der Waals surface area contributed by atoms with Gasteiger partial charge in [0.1, 0.15) is 0 Å². The maximum Gasteiger partial charge on any atom is 0.000661 e. The van der Waals surface area contributed by atoms with Gasteiger partial charge in [0.2, 0.25) is 0 Å². The van der Waals surface area contributed by atoms with E-state index in [2.05, 4.69) is 24.6 Å². The van der Waals surface area contributed by atoms with E-state index in [9.17, 15) is 0 Å². The van der Waals surface area contributed by atoms with Crippen molar-refractivity contribution in [2.24, 2.45) is 5.92 Å². The van der Waals surface area contributed by atoms with Crippen molar-refractivity contribution in [3.8, 4) is 0 Å². The van der Waals surface area contributed by atoms with Gasteiger partial charge in [-0.05, 0) is 50.9 Å². The standard InChI is InChI=1S/C10H21NS/c1-11(7-2-3-8-12)9-10-5-4-6-10/h10,12H,2-9H2,1H3. The van der Waals surface area contributed by atoms with Gasteiger partial charge in [-0.15, -0.1) is 0 Å². The molecule has 1 rings (SSSR count). The summed E-state index contributed by atoms with van der Waals surface area (Å²) in [4.78, 5) is 2.48. The molecule has 0 N–H and O–H groups in total. The smallest absolute Gasteiger partial charge is 0.000661 e. The fraction of sp³-hybridized carbons (Fsp3) is 1.00. The fourth-order valence-corrected chi connectivity index (χ4v) is 1.92. The van der Waals surface area contributed by atoms with Gasteiger partial charge < -0.3 is 4.90 Å². The molecule has 0 heterocycles. The first-order chi connectivity index (χ1) is 5.83. The van der Waals surface area contributed by atoms with Crippen LogP contribution < -0.4 is 0 Å². The van der Waals surface area contributed by atoms with Crippen molar-refractivity contribution in [2.75, 3.05) is 25.9 Å². The predicted molar refractivity (Wildman–Crippen MR) is 57.9 cm³/mol. The predicted octanol–water partition coefficient (Wildman–Crippen LogP) is 2.43. The maximum absolute atomic E-state index is 4.20. The van der Waals surface area contributed by atoms with Crippen molar-refractivity contribution >= 4 is 12.6 Å². The van der Waals surface area contributed by atoms with Crippen LogP contribution in [0.25, 0.3) is 0 Å². The van der Waals surface area contributed by atoms with Crippen molar-refractivity contribution < 1.29 is 0 Å². The quantitative estimate of drug-likeness (QED) is 0.494. The molecule has 0 saturated heterocycles. The number of unbranched alkanes of at least 4 members (excludes halogenated alkanes) is 1. The fourth-order valence-electron chi connectivity index (χ4n) is 1.70. The average molecular weight is 187 g/mol. The molecule has 0 aliphatic heterocycles. The molecule has 1 aliphatic carbocycles. The number of hydrogen-bond acceptors (Lipinski definition) is 2. The van der Waals surface area contributed by atoms with Crippen molar-refractivity contribution in [3.05, 3.63) is 0 Å². The molecule has 0 spiro atoms. The van der Waals surface area contributed by atoms with E-state index < -0.39 is 0 Å². The Balaban J connectivity index is 1.91. The highest BCUT2D eigenvalue weighted by Crippen LogP contribution is 2.26. The average Bonchev–Trinajstić information content (AvgIpc) is 1.98. The van der Waals surface area contributed by atoms with Crippen LogP contribution in [0.5, 0.6) is 0 Å². The molecule has 1 saturated carbocycles. The first-order valence-electron chi connectivity index (χ1n) is 5.12. The van der Waals surface area contributed by atoms with Crippen LogP contribution in [-0.4, -0.2) is 30.8 Å². The summed E-state index contributed by atoms with van der Waals surface area (Å²) in [5.41, 5.74) is 0. The summed E-state index contributed by atoms with van der Waals surface area (Å²) in [6.07, 6.45) is 6.98. The van der Waals surface area contributed by atoms with Crippen molar-refractivity contribution in [1.82, 2.24) is 4.90 Å². The van der Waals surface area contributed by atoms with Gasteiger partial charge in [0.05, 0.1) is 0 Å². The molecule has 0 aromatic rings. The summed E-state index contributed by atoms with van der Waals surface area (Å²) in [6, 6.07) is 0. The Bertz CT molecular complexity index is 112. The van der Waals surface area contributed by atoms with Crippen LogP contribution in [0, 0.1) is 5.92 Å². The molecule has 1 nitrogen and oxygen atoms in total. The van der Waals surface area contributed by atoms with Crippen LogP contribution in [0.3, 0.4) is 0 Å². The van der Waals surface area contributed by atoms with Crippen LogP contribution in [0.15, 0.2) is 0 Å². The lowest BCUT2D eigenvalue weighted by molar-refractivity contribution is 0.204. The second-order valence-corrected chi connectivity index (χ2v) is 4.44. The van der Waals surface area contributed by atoms with Gasteiger partial charge in [-0.3, -0.25) is 0 Å². The lowest BCUT2D eigenvalue weighted by atomic mass is 9.85. The Morgan fingerprint density at radius 1 is 1.33 bits per heavy atom. The van der Waals surface area contributed by atoms with Gasteiger partial charge >= 0.3 is 0 Å². The van der Waals surface area contributed by atoms with Crippen LogP contribution in [-0.2, 0) is 0 Å². The van der Waals surface area contributed by atoms with E-state index in [1.165, 1.54) is 45.2 Å². The Hall–Kier alpha value is 0.310. The summed E-state index contributed by atoms with van der Waals surface area (Å²) in [6.45, 7) is 2.59. The zero-order valence-electron chi connectivity index (χ0n) is 8.13. The normalized spacial score (nSPS) is 18.2. The third-order valence-corrected chi connectivity index (χ3v) is 3.06. The second-order valence-electron chi connectivity index (χ2n) is 3.99. The molecule has 0 unspecified atom stereocenters. The van der Waals surface area contributed by atoms with E-state index in [1.807, 2.05) is 0 Å². The van der Waals surface area contributed by atoms with Crippen LogP contribution in [0.2, 0.25) is 0 Å². The summed E-state index contributed by atoms with van der Waals surface area (Å²) < 4.78 is 0. The first-order valence-corrected chi connectivity index (χ1v) is 5.75. The Labute approximate surface area is 81.9 Å². The third kappa shape index (κ3) is 3.81. The number of nitrogens with zero attached hydrogens (tertiary/aromatic N) is 1. The van der Waals surface area contributed by atoms with Crippen molar-refractivity contribution in [2.45, 2.75) is 32.1 Å². The van der Waals surface area contributed by atoms with E-state index in [-0.39, 0.29) is 0 Å². The molecule has 0 amide bonds. The van der Waals surface area contributed by atoms with Crippen LogP contribution in [0.4, 0.5) is 0 Å². The van der Waals surface area contributed by atoms with E-state index in [4.69, 9.17) is 0 Å². The first kappa shape index (κ1) is 10.4. The SMILES string of the molecule is CN(CCCCS)CC1CCC1. The van der Waals surface area contributed by atoms with Crippen LogP contribution >= 0.6 is 12.6 Å². The van der Waals surface area contributed by atoms with E-state index in [1.54, 1.807) is 0 Å². The summed E-state index contributed by atoms with van der Waals surface area (Å²) in [5.74, 6) is 2.06. The second kappa shape index (κ2) is 5.87. The highest BCUT2D eigenvalue weighted by molar-refractivity contribution is 7.80. The van der Waals surface area contributed by atoms with Crippen molar-refractivity contribution in [1.29, 1.82) is 0 Å². The van der Waals surface area contributed by atoms with Gasteiger partial charge in [0.25, 0.3) is 0 Å². The lowest BCUT2D eigenvalue weighted by Gasteiger charge is -2.30. The Morgan fingerprint density at radius 2 is 2.08 bits per heavy atom. The molecule has 0 atom stereocenters. The van der Waals surface area contributed by atoms with Gasteiger partial charge in [0.15, 0.2) is 0 Å². The van der Waals surface area contributed by atoms with Gasteiger partial charge in [-0.1, -0.05) is 6.42 Å². The minimum atomic E-state index is 1.02. The molecule has 72 valence electrons. The molecular formula is C10H21NS. The highest BCUT2D eigenvalue weighted by Gasteiger charge is 2.18.